The minimum atomic E-state index is -0.823. The van der Waals surface area contributed by atoms with Gasteiger partial charge in [-0.05, 0) is 25.1 Å². The number of rotatable bonds is 6. The number of hydrogen-bond donors (Lipinski definition) is 2. The minimum absolute atomic E-state index is 0.122. The monoisotopic (exact) mass is 350 g/mol. The highest BCUT2D eigenvalue weighted by atomic mass is 16.5. The van der Waals surface area contributed by atoms with Crippen molar-refractivity contribution < 1.29 is 23.6 Å². The third-order valence-corrected chi connectivity index (χ3v) is 3.22. The largest absolute Gasteiger partial charge is 0.493 e. The van der Waals surface area contributed by atoms with Crippen molar-refractivity contribution in [2.45, 2.75) is 13.5 Å². The summed E-state index contributed by atoms with van der Waals surface area (Å²) in [6, 6.07) is 4.21. The number of nitrogens with one attached hydrogen (secondary N) is 2. The van der Waals surface area contributed by atoms with E-state index in [-0.39, 0.29) is 5.82 Å². The van der Waals surface area contributed by atoms with E-state index in [1.807, 2.05) is 0 Å². The Bertz CT molecular complexity index is 826. The summed E-state index contributed by atoms with van der Waals surface area (Å²) in [7, 11) is 2.96. The molecule has 0 saturated carbocycles. The molecule has 2 N–H and O–H groups in total. The van der Waals surface area contributed by atoms with E-state index in [1.54, 1.807) is 25.1 Å². The van der Waals surface area contributed by atoms with E-state index in [2.05, 4.69) is 20.3 Å². The van der Waals surface area contributed by atoms with Crippen LogP contribution in [0.2, 0.25) is 0 Å². The number of urea groups is 1. The second kappa shape index (κ2) is 7.99. The van der Waals surface area contributed by atoms with Crippen molar-refractivity contribution in [3.05, 3.63) is 28.7 Å². The second-order valence-electron chi connectivity index (χ2n) is 4.84. The van der Waals surface area contributed by atoms with E-state index in [4.69, 9.17) is 9.47 Å². The molecule has 0 aliphatic heterocycles. The average molecular weight is 350 g/mol. The zero-order valence-corrected chi connectivity index (χ0v) is 14.0. The Morgan fingerprint density at radius 1 is 1.24 bits per heavy atom. The first-order chi connectivity index (χ1) is 12.0. The van der Waals surface area contributed by atoms with Gasteiger partial charge in [0, 0.05) is 12.1 Å². The quantitative estimate of drug-likeness (QED) is 0.771. The Hall–Kier alpha value is -3.30. The molecule has 0 saturated heterocycles. The maximum absolute atomic E-state index is 11.9. The zero-order chi connectivity index (χ0) is 18.4. The van der Waals surface area contributed by atoms with Crippen LogP contribution < -0.4 is 25.9 Å². The van der Waals surface area contributed by atoms with Gasteiger partial charge < -0.3 is 14.8 Å². The van der Waals surface area contributed by atoms with Gasteiger partial charge in [-0.3, -0.25) is 14.6 Å². The topological polar surface area (TPSA) is 125 Å². The molecule has 0 atom stereocenters. The van der Waals surface area contributed by atoms with E-state index in [0.29, 0.717) is 23.6 Å². The number of nitrogens with zero attached hydrogens (tertiary/aromatic N) is 2. The van der Waals surface area contributed by atoms with Gasteiger partial charge in [0.1, 0.15) is 6.54 Å². The van der Waals surface area contributed by atoms with Gasteiger partial charge in [-0.25, -0.2) is 14.2 Å². The lowest BCUT2D eigenvalue weighted by atomic mass is 10.2. The molecule has 134 valence electrons. The van der Waals surface area contributed by atoms with Gasteiger partial charge in [-0.2, -0.15) is 0 Å². The van der Waals surface area contributed by atoms with Crippen LogP contribution >= 0.6 is 0 Å². The standard InChI is InChI=1S/C15H18N4O6/c1-4-16-14(21)17-12(20)8-19-13(18-25-15(19)22)9-5-6-10(23-2)11(7-9)24-3/h5-7H,4,8H2,1-3H3,(H2,16,17,20,21). The summed E-state index contributed by atoms with van der Waals surface area (Å²) in [6.45, 7) is 1.65. The predicted molar refractivity (Wildman–Crippen MR) is 86.5 cm³/mol. The van der Waals surface area contributed by atoms with Crippen molar-refractivity contribution in [3.63, 3.8) is 0 Å². The van der Waals surface area contributed by atoms with E-state index in [9.17, 15) is 14.4 Å². The molecule has 10 nitrogen and oxygen atoms in total. The SMILES string of the molecule is CCNC(=O)NC(=O)Cn1c(-c2ccc(OC)c(OC)c2)noc1=O. The lowest BCUT2D eigenvalue weighted by molar-refractivity contribution is -0.120. The first-order valence-electron chi connectivity index (χ1n) is 7.36. The molecule has 2 aromatic rings. The Balaban J connectivity index is 2.29. The van der Waals surface area contributed by atoms with Crippen molar-refractivity contribution in [3.8, 4) is 22.9 Å². The maximum Gasteiger partial charge on any atom is 0.442 e. The molecule has 0 fully saturated rings. The number of carbonyl (C=O) groups is 2. The summed E-state index contributed by atoms with van der Waals surface area (Å²) in [5, 5.41) is 8.20. The summed E-state index contributed by atoms with van der Waals surface area (Å²) < 4.78 is 16.0. The lowest BCUT2D eigenvalue weighted by Crippen LogP contribution is -2.41. The van der Waals surface area contributed by atoms with Gasteiger partial charge in [0.15, 0.2) is 17.3 Å². The van der Waals surface area contributed by atoms with E-state index >= 15 is 0 Å². The highest BCUT2D eigenvalue weighted by molar-refractivity contribution is 5.94. The number of aromatic nitrogens is 2. The number of hydrogen-bond acceptors (Lipinski definition) is 7. The van der Waals surface area contributed by atoms with Gasteiger partial charge in [0.2, 0.25) is 5.91 Å². The third kappa shape index (κ3) is 4.16. The van der Waals surface area contributed by atoms with Crippen LogP contribution in [-0.4, -0.2) is 42.4 Å². The number of methoxy groups -OCH3 is 2. The molecule has 0 aliphatic rings. The predicted octanol–water partition coefficient (Wildman–Crippen LogP) is 0.366. The van der Waals surface area contributed by atoms with E-state index in [1.165, 1.54) is 14.2 Å². The third-order valence-electron chi connectivity index (χ3n) is 3.22. The highest BCUT2D eigenvalue weighted by Gasteiger charge is 2.18. The Morgan fingerprint density at radius 3 is 2.60 bits per heavy atom. The molecular formula is C15H18N4O6. The molecule has 25 heavy (non-hydrogen) atoms. The smallest absolute Gasteiger partial charge is 0.442 e. The van der Waals surface area contributed by atoms with Crippen LogP contribution in [0.4, 0.5) is 4.79 Å². The van der Waals surface area contributed by atoms with Gasteiger partial charge in [0.05, 0.1) is 14.2 Å². The molecule has 0 aliphatic carbocycles. The van der Waals surface area contributed by atoms with Crippen molar-refractivity contribution in [2.24, 2.45) is 0 Å². The van der Waals surface area contributed by atoms with Gasteiger partial charge in [-0.15, -0.1) is 0 Å². The molecular weight excluding hydrogens is 332 g/mol. The molecule has 0 radical (unpaired) electrons. The van der Waals surface area contributed by atoms with Crippen molar-refractivity contribution in [1.82, 2.24) is 20.4 Å². The molecule has 1 aromatic heterocycles. The Labute approximate surface area is 142 Å². The van der Waals surface area contributed by atoms with Crippen molar-refractivity contribution >= 4 is 11.9 Å². The second-order valence-corrected chi connectivity index (χ2v) is 4.84. The first kappa shape index (κ1) is 18.0. The molecule has 1 heterocycles. The fraction of sp³-hybridized carbons (Fsp3) is 0.333. The summed E-state index contributed by atoms with van der Waals surface area (Å²) in [5.41, 5.74) is 0.481. The van der Waals surface area contributed by atoms with Crippen LogP contribution in [0.3, 0.4) is 0 Å². The summed E-state index contributed by atoms with van der Waals surface area (Å²) in [4.78, 5) is 35.1. The molecule has 0 unspecified atom stereocenters. The molecule has 0 spiro atoms. The summed E-state index contributed by atoms with van der Waals surface area (Å²) in [5.74, 6) is -0.461. The van der Waals surface area contributed by atoms with Gasteiger partial charge in [-0.1, -0.05) is 5.16 Å². The van der Waals surface area contributed by atoms with Crippen molar-refractivity contribution in [2.75, 3.05) is 20.8 Å². The van der Waals surface area contributed by atoms with Crippen LogP contribution in [0.15, 0.2) is 27.5 Å². The number of amides is 3. The molecule has 10 heteroatoms. The van der Waals surface area contributed by atoms with Crippen LogP contribution in [0.5, 0.6) is 11.5 Å². The lowest BCUT2D eigenvalue weighted by Gasteiger charge is -2.09. The highest BCUT2D eigenvalue weighted by Crippen LogP contribution is 2.31. The van der Waals surface area contributed by atoms with E-state index < -0.39 is 24.2 Å². The molecule has 2 rings (SSSR count). The number of benzene rings is 1. The first-order valence-corrected chi connectivity index (χ1v) is 7.36. The Kier molecular flexibility index (Phi) is 5.77. The summed E-state index contributed by atoms with van der Waals surface area (Å²) in [6.07, 6.45) is 0. The van der Waals surface area contributed by atoms with Crippen LogP contribution in [0.1, 0.15) is 6.92 Å². The van der Waals surface area contributed by atoms with E-state index in [0.717, 1.165) is 4.57 Å². The van der Waals surface area contributed by atoms with Gasteiger partial charge in [0.25, 0.3) is 0 Å². The summed E-state index contributed by atoms with van der Waals surface area (Å²) >= 11 is 0. The van der Waals surface area contributed by atoms with Crippen LogP contribution in [0, 0.1) is 0 Å². The average Bonchev–Trinajstić information content (AvgIpc) is 2.95. The van der Waals surface area contributed by atoms with Crippen molar-refractivity contribution in [1.29, 1.82) is 0 Å². The number of ether oxygens (including phenoxy) is 2. The fourth-order valence-corrected chi connectivity index (χ4v) is 2.11. The van der Waals surface area contributed by atoms with Crippen LogP contribution in [-0.2, 0) is 11.3 Å². The number of imide groups is 1. The Morgan fingerprint density at radius 2 is 1.96 bits per heavy atom. The molecule has 1 aromatic carbocycles. The van der Waals surface area contributed by atoms with Crippen LogP contribution in [0.25, 0.3) is 11.4 Å². The zero-order valence-electron chi connectivity index (χ0n) is 14.0. The minimum Gasteiger partial charge on any atom is -0.493 e. The number of carbonyl (C=O) groups excluding carboxylic acids is 2. The molecule has 3 amide bonds. The van der Waals surface area contributed by atoms with Gasteiger partial charge >= 0.3 is 11.8 Å². The molecule has 0 bridgehead atoms. The normalized spacial score (nSPS) is 10.2. The fourth-order valence-electron chi connectivity index (χ4n) is 2.11. The maximum atomic E-state index is 11.9.